The third kappa shape index (κ3) is 6.74. The third-order valence-corrected chi connectivity index (χ3v) is 6.27. The Morgan fingerprint density at radius 1 is 1.03 bits per heavy atom. The Morgan fingerprint density at radius 2 is 1.63 bits per heavy atom. The van der Waals surface area contributed by atoms with Crippen LogP contribution in [0.5, 0.6) is 11.5 Å². The zero-order valence-corrected chi connectivity index (χ0v) is 18.2. The Balaban J connectivity index is 1.44. The smallest absolute Gasteiger partial charge is 0.262 e. The molecule has 162 valence electrons. The van der Waals surface area contributed by atoms with Crippen LogP contribution in [0.25, 0.3) is 0 Å². The zero-order chi connectivity index (χ0) is 21.6. The summed E-state index contributed by atoms with van der Waals surface area (Å²) in [5.74, 6) is 1.09. The lowest BCUT2D eigenvalue weighted by molar-refractivity contribution is -0.118. The quantitative estimate of drug-likeness (QED) is 0.656. The summed E-state index contributed by atoms with van der Waals surface area (Å²) in [6, 6.07) is 14.3. The van der Waals surface area contributed by atoms with Gasteiger partial charge in [0.15, 0.2) is 6.61 Å². The van der Waals surface area contributed by atoms with Gasteiger partial charge in [0.2, 0.25) is 10.0 Å². The summed E-state index contributed by atoms with van der Waals surface area (Å²) in [7, 11) is -1.70. The lowest BCUT2D eigenvalue weighted by atomic mass is 10.2. The summed E-state index contributed by atoms with van der Waals surface area (Å²) < 4.78 is 35.6. The summed E-state index contributed by atoms with van der Waals surface area (Å²) in [5.41, 5.74) is 1.51. The molecule has 2 aromatic carbocycles. The summed E-state index contributed by atoms with van der Waals surface area (Å²) in [6.45, 7) is 0.156. The molecule has 0 radical (unpaired) electrons. The topological polar surface area (TPSA) is 84.9 Å². The fraction of sp³-hybridized carbons (Fsp3) is 0.409. The van der Waals surface area contributed by atoms with Crippen molar-refractivity contribution < 1.29 is 22.7 Å². The highest BCUT2D eigenvalue weighted by molar-refractivity contribution is 7.88. The molecule has 3 rings (SSSR count). The minimum absolute atomic E-state index is 0.122. The lowest BCUT2D eigenvalue weighted by Crippen LogP contribution is -2.24. The van der Waals surface area contributed by atoms with E-state index in [1.165, 1.54) is 30.5 Å². The van der Waals surface area contributed by atoms with Gasteiger partial charge in [-0.15, -0.1) is 0 Å². The average Bonchev–Trinajstić information content (AvgIpc) is 3.21. The molecule has 0 saturated heterocycles. The van der Waals surface area contributed by atoms with E-state index in [2.05, 4.69) is 5.32 Å². The maximum atomic E-state index is 12.1. The summed E-state index contributed by atoms with van der Waals surface area (Å²) in [6.07, 6.45) is 6.12. The SMILES string of the molecule is CN(Cc1ccc(OCC(=O)Nc2ccc(OC3CCCC3)cc2)cc1)S(C)(=O)=O. The normalized spacial score (nSPS) is 14.6. The third-order valence-electron chi connectivity index (χ3n) is 5.01. The molecule has 0 aromatic heterocycles. The number of rotatable bonds is 9. The highest BCUT2D eigenvalue weighted by Crippen LogP contribution is 2.25. The van der Waals surface area contributed by atoms with Crippen molar-refractivity contribution in [3.8, 4) is 11.5 Å². The predicted molar refractivity (Wildman–Crippen MR) is 116 cm³/mol. The van der Waals surface area contributed by atoms with Crippen molar-refractivity contribution in [2.45, 2.75) is 38.3 Å². The molecule has 0 bridgehead atoms. The second-order valence-electron chi connectivity index (χ2n) is 7.55. The predicted octanol–water partition coefficient (Wildman–Crippen LogP) is 3.42. The average molecular weight is 433 g/mol. The molecule has 1 aliphatic rings. The molecule has 0 atom stereocenters. The number of sulfonamides is 1. The number of hydrogen-bond donors (Lipinski definition) is 1. The summed E-state index contributed by atoms with van der Waals surface area (Å²) in [4.78, 5) is 12.1. The summed E-state index contributed by atoms with van der Waals surface area (Å²) >= 11 is 0. The maximum absolute atomic E-state index is 12.1. The van der Waals surface area contributed by atoms with Gasteiger partial charge in [0.05, 0.1) is 12.4 Å². The monoisotopic (exact) mass is 432 g/mol. The molecular weight excluding hydrogens is 404 g/mol. The van der Waals surface area contributed by atoms with E-state index in [1.807, 2.05) is 24.3 Å². The van der Waals surface area contributed by atoms with Crippen molar-refractivity contribution in [1.82, 2.24) is 4.31 Å². The Morgan fingerprint density at radius 3 is 2.23 bits per heavy atom. The molecule has 0 aliphatic heterocycles. The van der Waals surface area contributed by atoms with Gasteiger partial charge in [-0.25, -0.2) is 12.7 Å². The van der Waals surface area contributed by atoms with Crippen LogP contribution >= 0.6 is 0 Å². The van der Waals surface area contributed by atoms with E-state index in [4.69, 9.17) is 9.47 Å². The van der Waals surface area contributed by atoms with Crippen molar-refractivity contribution in [2.75, 3.05) is 25.2 Å². The Kier molecular flexibility index (Phi) is 7.33. The molecule has 1 fully saturated rings. The van der Waals surface area contributed by atoms with Crippen LogP contribution in [-0.2, 0) is 21.4 Å². The highest BCUT2D eigenvalue weighted by atomic mass is 32.2. The molecule has 7 nitrogen and oxygen atoms in total. The van der Waals surface area contributed by atoms with Gasteiger partial charge in [0, 0.05) is 19.3 Å². The minimum atomic E-state index is -3.23. The second kappa shape index (κ2) is 9.95. The first kappa shape index (κ1) is 22.1. The van der Waals surface area contributed by atoms with Gasteiger partial charge >= 0.3 is 0 Å². The van der Waals surface area contributed by atoms with E-state index in [-0.39, 0.29) is 19.1 Å². The number of carbonyl (C=O) groups is 1. The Hall–Kier alpha value is -2.58. The van der Waals surface area contributed by atoms with Crippen LogP contribution in [0.15, 0.2) is 48.5 Å². The van der Waals surface area contributed by atoms with Gasteiger partial charge in [0.25, 0.3) is 5.91 Å². The van der Waals surface area contributed by atoms with Crippen LogP contribution in [0.4, 0.5) is 5.69 Å². The van der Waals surface area contributed by atoms with E-state index in [1.54, 1.807) is 24.3 Å². The van der Waals surface area contributed by atoms with Crippen LogP contribution in [0.2, 0.25) is 0 Å². The standard InChI is InChI=1S/C22H28N2O5S/c1-24(30(2,26)27)15-17-7-11-19(12-8-17)28-16-22(25)23-18-9-13-21(14-10-18)29-20-5-3-4-6-20/h7-14,20H,3-6,15-16H2,1-2H3,(H,23,25). The van der Waals surface area contributed by atoms with E-state index >= 15 is 0 Å². The first-order valence-corrected chi connectivity index (χ1v) is 11.8. The van der Waals surface area contributed by atoms with Gasteiger partial charge in [-0.2, -0.15) is 0 Å². The van der Waals surface area contributed by atoms with Gasteiger partial charge < -0.3 is 14.8 Å². The molecule has 1 amide bonds. The highest BCUT2D eigenvalue weighted by Gasteiger charge is 2.16. The fourth-order valence-corrected chi connectivity index (χ4v) is 3.61. The van der Waals surface area contributed by atoms with Gasteiger partial charge in [0.1, 0.15) is 11.5 Å². The van der Waals surface area contributed by atoms with Crippen molar-refractivity contribution in [3.05, 3.63) is 54.1 Å². The molecule has 2 aromatic rings. The number of anilines is 1. The van der Waals surface area contributed by atoms with E-state index in [0.717, 1.165) is 24.2 Å². The molecule has 0 spiro atoms. The van der Waals surface area contributed by atoms with Crippen LogP contribution in [-0.4, -0.2) is 44.6 Å². The van der Waals surface area contributed by atoms with Crippen LogP contribution < -0.4 is 14.8 Å². The van der Waals surface area contributed by atoms with E-state index in [0.29, 0.717) is 17.5 Å². The number of nitrogens with one attached hydrogen (secondary N) is 1. The molecule has 0 unspecified atom stereocenters. The minimum Gasteiger partial charge on any atom is -0.490 e. The first-order chi connectivity index (χ1) is 14.3. The van der Waals surface area contributed by atoms with Crippen molar-refractivity contribution in [1.29, 1.82) is 0 Å². The van der Waals surface area contributed by atoms with E-state index < -0.39 is 10.0 Å². The van der Waals surface area contributed by atoms with Crippen molar-refractivity contribution in [2.24, 2.45) is 0 Å². The molecular formula is C22H28N2O5S. The number of hydrogen-bond acceptors (Lipinski definition) is 5. The zero-order valence-electron chi connectivity index (χ0n) is 17.3. The lowest BCUT2D eigenvalue weighted by Gasteiger charge is -2.14. The molecule has 1 N–H and O–H groups in total. The van der Waals surface area contributed by atoms with Crippen LogP contribution in [0.3, 0.4) is 0 Å². The Bertz CT molecular complexity index is 936. The Labute approximate surface area is 178 Å². The number of nitrogens with zero attached hydrogens (tertiary/aromatic N) is 1. The van der Waals surface area contributed by atoms with Gasteiger partial charge in [-0.3, -0.25) is 4.79 Å². The number of carbonyl (C=O) groups excluding carboxylic acids is 1. The molecule has 1 aliphatic carbocycles. The second-order valence-corrected chi connectivity index (χ2v) is 9.64. The van der Waals surface area contributed by atoms with Crippen LogP contribution in [0, 0.1) is 0 Å². The molecule has 1 saturated carbocycles. The largest absolute Gasteiger partial charge is 0.490 e. The molecule has 30 heavy (non-hydrogen) atoms. The summed E-state index contributed by atoms with van der Waals surface area (Å²) in [5, 5.41) is 2.79. The van der Waals surface area contributed by atoms with E-state index in [9.17, 15) is 13.2 Å². The van der Waals surface area contributed by atoms with Crippen molar-refractivity contribution in [3.63, 3.8) is 0 Å². The molecule has 8 heteroatoms. The first-order valence-electron chi connectivity index (χ1n) is 9.99. The number of benzene rings is 2. The van der Waals surface area contributed by atoms with Gasteiger partial charge in [-0.1, -0.05) is 12.1 Å². The number of ether oxygens (including phenoxy) is 2. The number of amides is 1. The van der Waals surface area contributed by atoms with Gasteiger partial charge in [-0.05, 0) is 67.6 Å². The molecule has 0 heterocycles. The van der Waals surface area contributed by atoms with Crippen LogP contribution in [0.1, 0.15) is 31.2 Å². The van der Waals surface area contributed by atoms with Crippen molar-refractivity contribution >= 4 is 21.6 Å². The fourth-order valence-electron chi connectivity index (χ4n) is 3.23. The maximum Gasteiger partial charge on any atom is 0.262 e.